The first-order valence-electron chi connectivity index (χ1n) is 7.04. The van der Waals surface area contributed by atoms with E-state index >= 15 is 0 Å². The van der Waals surface area contributed by atoms with Crippen LogP contribution in [0.25, 0.3) is 11.3 Å². The van der Waals surface area contributed by atoms with Crippen LogP contribution in [0.3, 0.4) is 0 Å². The Balaban J connectivity index is 1.70. The Morgan fingerprint density at radius 1 is 1.25 bits per heavy atom. The smallest absolute Gasteiger partial charge is 0.203 e. The first-order chi connectivity index (χ1) is 11.7. The molecule has 0 bridgehead atoms. The van der Waals surface area contributed by atoms with Crippen molar-refractivity contribution in [3.8, 4) is 22.8 Å². The summed E-state index contributed by atoms with van der Waals surface area (Å²) in [6.07, 6.45) is 1.48. The summed E-state index contributed by atoms with van der Waals surface area (Å²) in [7, 11) is 1.49. The maximum absolute atomic E-state index is 12.9. The number of ether oxygens (including phenoxy) is 1. The van der Waals surface area contributed by atoms with E-state index < -0.39 is 0 Å². The van der Waals surface area contributed by atoms with Gasteiger partial charge in [-0.3, -0.25) is 5.43 Å². The molecule has 2 N–H and O–H groups in total. The average Bonchev–Trinajstić information content (AvgIpc) is 3.06. The van der Waals surface area contributed by atoms with Gasteiger partial charge in [0.05, 0.1) is 19.0 Å². The van der Waals surface area contributed by atoms with Crippen LogP contribution in [0, 0.1) is 5.82 Å². The maximum Gasteiger partial charge on any atom is 0.203 e. The van der Waals surface area contributed by atoms with Crippen LogP contribution in [0.4, 0.5) is 9.52 Å². The Hall–Kier alpha value is -2.93. The number of aromatic nitrogens is 1. The lowest BCUT2D eigenvalue weighted by molar-refractivity contribution is 0.373. The van der Waals surface area contributed by atoms with Crippen molar-refractivity contribution in [3.05, 3.63) is 59.2 Å². The van der Waals surface area contributed by atoms with Crippen LogP contribution >= 0.6 is 11.3 Å². The van der Waals surface area contributed by atoms with Crippen LogP contribution in [-0.2, 0) is 0 Å². The number of hydrogen-bond donors (Lipinski definition) is 2. The normalized spacial score (nSPS) is 10.9. The van der Waals surface area contributed by atoms with Gasteiger partial charge in [0.25, 0.3) is 0 Å². The number of phenols is 1. The minimum Gasteiger partial charge on any atom is -0.504 e. The Bertz CT molecular complexity index is 863. The Morgan fingerprint density at radius 2 is 2.04 bits per heavy atom. The van der Waals surface area contributed by atoms with Crippen LogP contribution in [-0.4, -0.2) is 23.4 Å². The van der Waals surface area contributed by atoms with Gasteiger partial charge in [-0.15, -0.1) is 11.3 Å². The highest BCUT2D eigenvalue weighted by Crippen LogP contribution is 2.28. The Kier molecular flexibility index (Phi) is 4.72. The number of phenolic OH excluding ortho intramolecular Hbond substituents is 1. The first-order valence-corrected chi connectivity index (χ1v) is 7.92. The van der Waals surface area contributed by atoms with Crippen molar-refractivity contribution in [1.82, 2.24) is 4.98 Å². The first kappa shape index (κ1) is 15.9. The molecule has 3 rings (SSSR count). The number of hydrogen-bond acceptors (Lipinski definition) is 6. The van der Waals surface area contributed by atoms with E-state index in [1.54, 1.807) is 30.3 Å². The molecule has 0 fully saturated rings. The minimum absolute atomic E-state index is 0.0247. The quantitative estimate of drug-likeness (QED) is 0.540. The third-order valence-electron chi connectivity index (χ3n) is 3.26. The third kappa shape index (κ3) is 3.52. The van der Waals surface area contributed by atoms with Crippen LogP contribution in [0.2, 0.25) is 0 Å². The molecule has 0 saturated carbocycles. The van der Waals surface area contributed by atoms with E-state index in [-0.39, 0.29) is 11.6 Å². The van der Waals surface area contributed by atoms with Crippen LogP contribution in [0.15, 0.2) is 52.9 Å². The number of rotatable bonds is 5. The number of anilines is 1. The predicted molar refractivity (Wildman–Crippen MR) is 93.4 cm³/mol. The molecule has 1 heterocycles. The van der Waals surface area contributed by atoms with E-state index in [0.717, 1.165) is 11.3 Å². The lowest BCUT2D eigenvalue weighted by atomic mass is 10.2. The van der Waals surface area contributed by atoms with Crippen molar-refractivity contribution in [2.24, 2.45) is 5.10 Å². The molecule has 0 radical (unpaired) electrons. The molecule has 2 aromatic carbocycles. The van der Waals surface area contributed by atoms with E-state index in [1.807, 2.05) is 5.38 Å². The monoisotopic (exact) mass is 343 g/mol. The van der Waals surface area contributed by atoms with Gasteiger partial charge in [-0.1, -0.05) is 6.07 Å². The highest BCUT2D eigenvalue weighted by molar-refractivity contribution is 7.14. The molecule has 0 aliphatic rings. The molecule has 3 aromatic rings. The van der Waals surface area contributed by atoms with E-state index in [9.17, 15) is 9.50 Å². The largest absolute Gasteiger partial charge is 0.504 e. The lowest BCUT2D eigenvalue weighted by Gasteiger charge is -2.04. The Labute approximate surface area is 142 Å². The van der Waals surface area contributed by atoms with E-state index in [2.05, 4.69) is 15.5 Å². The number of nitrogens with one attached hydrogen (secondary N) is 1. The van der Waals surface area contributed by atoms with Gasteiger partial charge in [-0.05, 0) is 36.4 Å². The molecule has 1 aromatic heterocycles. The van der Waals surface area contributed by atoms with Gasteiger partial charge in [-0.25, -0.2) is 9.37 Å². The van der Waals surface area contributed by atoms with E-state index in [4.69, 9.17) is 4.74 Å². The number of hydrazone groups is 1. The number of aromatic hydroxyl groups is 1. The minimum atomic E-state index is -0.282. The van der Waals surface area contributed by atoms with Gasteiger partial charge >= 0.3 is 0 Å². The van der Waals surface area contributed by atoms with E-state index in [1.165, 1.54) is 36.8 Å². The number of nitrogens with zero attached hydrogens (tertiary/aromatic N) is 2. The summed E-state index contributed by atoms with van der Waals surface area (Å²) in [6, 6.07) is 11.3. The van der Waals surface area contributed by atoms with Crippen molar-refractivity contribution < 1.29 is 14.2 Å². The van der Waals surface area contributed by atoms with Crippen LogP contribution in [0.1, 0.15) is 5.56 Å². The summed E-state index contributed by atoms with van der Waals surface area (Å²) in [5.74, 6) is 0.124. The summed E-state index contributed by atoms with van der Waals surface area (Å²) >= 11 is 1.38. The number of benzene rings is 2. The van der Waals surface area contributed by atoms with Gasteiger partial charge in [0, 0.05) is 16.5 Å². The molecule has 0 saturated heterocycles. The van der Waals surface area contributed by atoms with Gasteiger partial charge in [0.15, 0.2) is 11.5 Å². The van der Waals surface area contributed by atoms with E-state index in [0.29, 0.717) is 16.4 Å². The molecule has 5 nitrogen and oxygen atoms in total. The van der Waals surface area contributed by atoms with Gasteiger partial charge in [0.2, 0.25) is 5.13 Å². The van der Waals surface area contributed by atoms with Crippen molar-refractivity contribution in [3.63, 3.8) is 0 Å². The fourth-order valence-electron chi connectivity index (χ4n) is 2.04. The lowest BCUT2D eigenvalue weighted by Crippen LogP contribution is -1.92. The summed E-state index contributed by atoms with van der Waals surface area (Å²) in [4.78, 5) is 4.38. The van der Waals surface area contributed by atoms with Crippen molar-refractivity contribution >= 4 is 22.7 Å². The summed E-state index contributed by atoms with van der Waals surface area (Å²) in [5, 5.41) is 16.5. The zero-order chi connectivity index (χ0) is 16.9. The molecule has 24 heavy (non-hydrogen) atoms. The SMILES string of the molecule is COc1cccc(/C=N/Nc2nc(-c3ccc(F)cc3)cs2)c1O. The zero-order valence-corrected chi connectivity index (χ0v) is 13.5. The summed E-state index contributed by atoms with van der Waals surface area (Å²) < 4.78 is 18.0. The van der Waals surface area contributed by atoms with Crippen molar-refractivity contribution in [2.75, 3.05) is 12.5 Å². The third-order valence-corrected chi connectivity index (χ3v) is 4.01. The second kappa shape index (κ2) is 7.10. The molecule has 0 aliphatic carbocycles. The average molecular weight is 343 g/mol. The molecular weight excluding hydrogens is 329 g/mol. The Morgan fingerprint density at radius 3 is 2.79 bits per heavy atom. The summed E-state index contributed by atoms with van der Waals surface area (Å²) in [5.41, 5.74) is 4.90. The number of methoxy groups -OCH3 is 1. The highest BCUT2D eigenvalue weighted by Gasteiger charge is 2.06. The fourth-order valence-corrected chi connectivity index (χ4v) is 2.71. The molecule has 0 amide bonds. The van der Waals surface area contributed by atoms with Crippen LogP contribution < -0.4 is 10.2 Å². The number of para-hydroxylation sites is 1. The predicted octanol–water partition coefficient (Wildman–Crippen LogP) is 4.11. The highest BCUT2D eigenvalue weighted by atomic mass is 32.1. The number of halogens is 1. The number of thiazole rings is 1. The van der Waals surface area contributed by atoms with Gasteiger partial charge in [0.1, 0.15) is 5.82 Å². The van der Waals surface area contributed by atoms with Crippen LogP contribution in [0.5, 0.6) is 11.5 Å². The molecule has 7 heteroatoms. The van der Waals surface area contributed by atoms with Gasteiger partial charge < -0.3 is 9.84 Å². The van der Waals surface area contributed by atoms with Crippen molar-refractivity contribution in [2.45, 2.75) is 0 Å². The fraction of sp³-hybridized carbons (Fsp3) is 0.0588. The molecule has 0 unspecified atom stereocenters. The standard InChI is InChI=1S/C17H14FN3O2S/c1-23-15-4-2-3-12(16(15)22)9-19-21-17-20-14(10-24-17)11-5-7-13(18)8-6-11/h2-10,22H,1H3,(H,20,21)/b19-9+. The van der Waals surface area contributed by atoms with Gasteiger partial charge in [-0.2, -0.15) is 5.10 Å². The summed E-state index contributed by atoms with van der Waals surface area (Å²) in [6.45, 7) is 0. The molecule has 0 atom stereocenters. The molecular formula is C17H14FN3O2S. The molecule has 122 valence electrons. The zero-order valence-electron chi connectivity index (χ0n) is 12.7. The second-order valence-corrected chi connectivity index (χ2v) is 5.67. The maximum atomic E-state index is 12.9. The van der Waals surface area contributed by atoms with Crippen molar-refractivity contribution in [1.29, 1.82) is 0 Å². The molecule has 0 aliphatic heterocycles. The molecule has 0 spiro atoms. The second-order valence-electron chi connectivity index (χ2n) is 4.81. The topological polar surface area (TPSA) is 66.7 Å².